The number of halogens is 1. The van der Waals surface area contributed by atoms with Crippen molar-refractivity contribution in [3.05, 3.63) is 63.4 Å². The van der Waals surface area contributed by atoms with Gasteiger partial charge in [-0.2, -0.15) is 0 Å². The molecule has 2 heterocycles. The average molecular weight is 467 g/mol. The number of alkyl halides is 1. The number of anilines is 2. The number of rotatable bonds is 7. The number of aromatic nitrogens is 2. The van der Waals surface area contributed by atoms with E-state index in [-0.39, 0.29) is 16.5 Å². The van der Waals surface area contributed by atoms with E-state index in [9.17, 15) is 19.1 Å². The number of hydrogen-bond acceptors (Lipinski definition) is 5. The molecule has 34 heavy (non-hydrogen) atoms. The van der Waals surface area contributed by atoms with Crippen LogP contribution in [-0.4, -0.2) is 40.3 Å². The summed E-state index contributed by atoms with van der Waals surface area (Å²) in [6.45, 7) is 7.32. The number of aromatic carboxylic acids is 1. The van der Waals surface area contributed by atoms with E-state index in [4.69, 9.17) is 4.98 Å². The summed E-state index contributed by atoms with van der Waals surface area (Å²) >= 11 is 0. The molecule has 8 heteroatoms. The molecule has 1 aliphatic heterocycles. The first kappa shape index (κ1) is 23.7. The largest absolute Gasteiger partial charge is 0.478 e. The lowest BCUT2D eigenvalue weighted by Crippen LogP contribution is -2.41. The van der Waals surface area contributed by atoms with Gasteiger partial charge in [0.25, 0.3) is 5.56 Å². The van der Waals surface area contributed by atoms with Gasteiger partial charge in [-0.05, 0) is 60.9 Å². The fourth-order valence-electron chi connectivity index (χ4n) is 4.55. The Morgan fingerprint density at radius 2 is 1.91 bits per heavy atom. The number of carbonyl (C=O) groups is 1. The maximum atomic E-state index is 14.0. The molecule has 0 saturated carbocycles. The van der Waals surface area contributed by atoms with Gasteiger partial charge in [0.15, 0.2) is 6.80 Å². The van der Waals surface area contributed by atoms with E-state index in [1.165, 1.54) is 0 Å². The SMILES string of the molecule is Cc1cc(CCNc2ccccc2C(=O)O)c2nc(N3CCC(C)(C)CC3)n(CF)c(=O)c2c1. The van der Waals surface area contributed by atoms with Crippen LogP contribution in [0.2, 0.25) is 0 Å². The van der Waals surface area contributed by atoms with E-state index < -0.39 is 12.8 Å². The minimum atomic E-state index is -0.994. The van der Waals surface area contributed by atoms with Crippen LogP contribution in [0.4, 0.5) is 16.0 Å². The molecule has 0 atom stereocenters. The van der Waals surface area contributed by atoms with E-state index in [1.807, 2.05) is 17.9 Å². The first-order valence-corrected chi connectivity index (χ1v) is 11.6. The Morgan fingerprint density at radius 1 is 1.21 bits per heavy atom. The zero-order valence-corrected chi connectivity index (χ0v) is 19.9. The van der Waals surface area contributed by atoms with E-state index in [2.05, 4.69) is 19.2 Å². The van der Waals surface area contributed by atoms with Crippen LogP contribution < -0.4 is 15.8 Å². The molecule has 4 rings (SSSR count). The van der Waals surface area contributed by atoms with E-state index in [0.29, 0.717) is 35.5 Å². The zero-order valence-electron chi connectivity index (χ0n) is 19.9. The summed E-state index contributed by atoms with van der Waals surface area (Å²) in [7, 11) is 0. The van der Waals surface area contributed by atoms with Crippen molar-refractivity contribution < 1.29 is 14.3 Å². The molecule has 7 nitrogen and oxygen atoms in total. The van der Waals surface area contributed by atoms with Gasteiger partial charge in [0.2, 0.25) is 5.95 Å². The minimum absolute atomic E-state index is 0.205. The molecule has 2 N–H and O–H groups in total. The highest BCUT2D eigenvalue weighted by molar-refractivity contribution is 5.94. The summed E-state index contributed by atoms with van der Waals surface area (Å²) in [5, 5.41) is 13.0. The molecule has 1 aliphatic rings. The lowest BCUT2D eigenvalue weighted by Gasteiger charge is -2.38. The number of nitrogens with zero attached hydrogens (tertiary/aromatic N) is 3. The Hall–Kier alpha value is -3.42. The number of fused-ring (bicyclic) bond motifs is 1. The van der Waals surface area contributed by atoms with Crippen molar-refractivity contribution in [1.82, 2.24) is 9.55 Å². The van der Waals surface area contributed by atoms with Gasteiger partial charge in [0, 0.05) is 25.3 Å². The third-order valence-corrected chi connectivity index (χ3v) is 6.65. The molecule has 0 aliphatic carbocycles. The zero-order chi connectivity index (χ0) is 24.5. The van der Waals surface area contributed by atoms with Gasteiger partial charge in [-0.1, -0.05) is 32.0 Å². The van der Waals surface area contributed by atoms with Crippen LogP contribution in [0, 0.1) is 12.3 Å². The van der Waals surface area contributed by atoms with Gasteiger partial charge in [0.05, 0.1) is 16.5 Å². The second-order valence-electron chi connectivity index (χ2n) is 9.76. The van der Waals surface area contributed by atoms with Crippen LogP contribution in [0.1, 0.15) is 48.2 Å². The molecule has 0 spiro atoms. The molecule has 2 aromatic carbocycles. The van der Waals surface area contributed by atoms with Crippen molar-refractivity contribution in [2.75, 3.05) is 29.9 Å². The van der Waals surface area contributed by atoms with Crippen molar-refractivity contribution in [2.24, 2.45) is 5.41 Å². The van der Waals surface area contributed by atoms with E-state index >= 15 is 0 Å². The van der Waals surface area contributed by atoms with Gasteiger partial charge in [-0.3, -0.25) is 4.79 Å². The van der Waals surface area contributed by atoms with Crippen LogP contribution >= 0.6 is 0 Å². The molecule has 0 amide bonds. The Bertz CT molecular complexity index is 1280. The normalized spacial score (nSPS) is 15.5. The average Bonchev–Trinajstić information content (AvgIpc) is 2.79. The van der Waals surface area contributed by atoms with Gasteiger partial charge < -0.3 is 15.3 Å². The van der Waals surface area contributed by atoms with Gasteiger partial charge >= 0.3 is 5.97 Å². The molecule has 0 radical (unpaired) electrons. The fourth-order valence-corrected chi connectivity index (χ4v) is 4.55. The monoisotopic (exact) mass is 466 g/mol. The maximum absolute atomic E-state index is 14.0. The number of hydrogen-bond donors (Lipinski definition) is 2. The van der Waals surface area contributed by atoms with Gasteiger partial charge in [0.1, 0.15) is 0 Å². The Labute approximate surface area is 198 Å². The Balaban J connectivity index is 1.68. The molecule has 1 saturated heterocycles. The predicted octanol–water partition coefficient (Wildman–Crippen LogP) is 4.61. The third-order valence-electron chi connectivity index (χ3n) is 6.65. The predicted molar refractivity (Wildman–Crippen MR) is 133 cm³/mol. The number of para-hydroxylation sites is 1. The van der Waals surface area contributed by atoms with Crippen LogP contribution in [-0.2, 0) is 13.2 Å². The molecule has 1 fully saturated rings. The number of piperidine rings is 1. The maximum Gasteiger partial charge on any atom is 0.337 e. The van der Waals surface area contributed by atoms with Crippen molar-refractivity contribution in [1.29, 1.82) is 0 Å². The molecule has 180 valence electrons. The second kappa shape index (κ2) is 9.44. The van der Waals surface area contributed by atoms with Crippen molar-refractivity contribution in [3.8, 4) is 0 Å². The van der Waals surface area contributed by atoms with Gasteiger partial charge in [-0.25, -0.2) is 18.7 Å². The number of benzene rings is 2. The highest BCUT2D eigenvalue weighted by Gasteiger charge is 2.28. The first-order chi connectivity index (χ1) is 16.2. The van der Waals surface area contributed by atoms with Crippen molar-refractivity contribution >= 4 is 28.5 Å². The van der Waals surface area contributed by atoms with E-state index in [0.717, 1.165) is 41.6 Å². The molecule has 0 bridgehead atoms. The first-order valence-electron chi connectivity index (χ1n) is 11.6. The number of carboxylic acids is 1. The second-order valence-corrected chi connectivity index (χ2v) is 9.76. The minimum Gasteiger partial charge on any atom is -0.478 e. The fraction of sp³-hybridized carbons (Fsp3) is 0.423. The highest BCUT2D eigenvalue weighted by atomic mass is 19.1. The van der Waals surface area contributed by atoms with Crippen LogP contribution in [0.5, 0.6) is 0 Å². The molecule has 1 aromatic heterocycles. The molecular formula is C26H31FN4O3. The molecule has 0 unspecified atom stereocenters. The lowest BCUT2D eigenvalue weighted by molar-refractivity contribution is 0.0698. The quantitative estimate of drug-likeness (QED) is 0.529. The summed E-state index contributed by atoms with van der Waals surface area (Å²) in [6, 6.07) is 10.5. The van der Waals surface area contributed by atoms with E-state index in [1.54, 1.807) is 30.3 Å². The third kappa shape index (κ3) is 4.76. The summed E-state index contributed by atoms with van der Waals surface area (Å²) < 4.78 is 15.1. The van der Waals surface area contributed by atoms with Crippen molar-refractivity contribution in [3.63, 3.8) is 0 Å². The topological polar surface area (TPSA) is 87.5 Å². The van der Waals surface area contributed by atoms with Crippen LogP contribution in [0.15, 0.2) is 41.2 Å². The summed E-state index contributed by atoms with van der Waals surface area (Å²) in [5.41, 5.74) is 2.93. The molecular weight excluding hydrogens is 435 g/mol. The van der Waals surface area contributed by atoms with Gasteiger partial charge in [-0.15, -0.1) is 0 Å². The summed E-state index contributed by atoms with van der Waals surface area (Å²) in [4.78, 5) is 31.6. The summed E-state index contributed by atoms with van der Waals surface area (Å²) in [5.74, 6) is -0.614. The highest BCUT2D eigenvalue weighted by Crippen LogP contribution is 2.32. The smallest absolute Gasteiger partial charge is 0.337 e. The number of aryl methyl sites for hydroxylation is 1. The standard InChI is InChI=1S/C26H31FN4O3/c1-17-14-18(8-11-28-21-7-5-4-6-19(21)24(33)34)22-20(15-17)23(32)31(16-27)25(29-22)30-12-9-26(2,3)10-13-30/h4-7,14-15,28H,8-13,16H2,1-3H3,(H,33,34). The lowest BCUT2D eigenvalue weighted by atomic mass is 9.83. The number of nitrogens with one attached hydrogen (secondary N) is 1. The van der Waals surface area contributed by atoms with Crippen LogP contribution in [0.3, 0.4) is 0 Å². The van der Waals surface area contributed by atoms with Crippen LogP contribution in [0.25, 0.3) is 10.9 Å². The number of carboxylic acid groups (broad SMARTS) is 1. The summed E-state index contributed by atoms with van der Waals surface area (Å²) in [6.07, 6.45) is 2.42. The van der Waals surface area contributed by atoms with Crippen molar-refractivity contribution in [2.45, 2.75) is 46.8 Å². The Morgan fingerprint density at radius 3 is 2.59 bits per heavy atom. The molecule has 3 aromatic rings. The Kier molecular flexibility index (Phi) is 6.59.